The maximum absolute atomic E-state index is 10.0. The van der Waals surface area contributed by atoms with Gasteiger partial charge in [0, 0.05) is 48.3 Å². The zero-order valence-corrected chi connectivity index (χ0v) is 55.6. The predicted octanol–water partition coefficient (Wildman–Crippen LogP) is 16.9. The van der Waals surface area contributed by atoms with Crippen molar-refractivity contribution in [1.29, 1.82) is 0 Å². The zero-order chi connectivity index (χ0) is 62.8. The van der Waals surface area contributed by atoms with Crippen LogP contribution in [0.5, 0.6) is 11.5 Å². The normalized spacial score (nSPS) is 9.87. The minimum absolute atomic E-state index is 0. The molecule has 12 rings (SSSR count). The number of aromatic nitrogens is 2. The van der Waals surface area contributed by atoms with E-state index in [4.69, 9.17) is 9.97 Å². The monoisotopic (exact) mass is 1340 g/mol. The van der Waals surface area contributed by atoms with Crippen LogP contribution in [0.2, 0.25) is 0 Å². The minimum Gasteiger partial charge on any atom is -0.508 e. The van der Waals surface area contributed by atoms with Gasteiger partial charge < -0.3 is 34.4 Å². The largest absolute Gasteiger partial charge is 4.00 e. The Balaban J connectivity index is 0.000000371. The van der Waals surface area contributed by atoms with Crippen molar-refractivity contribution in [3.05, 3.63) is 397 Å². The number of phenols is 2. The van der Waals surface area contributed by atoms with Crippen LogP contribution in [0.4, 0.5) is 0 Å². The van der Waals surface area contributed by atoms with Crippen LogP contribution in [0.15, 0.2) is 322 Å². The average molecular weight is 1350 g/mol. The van der Waals surface area contributed by atoms with E-state index in [0.717, 1.165) is 56.2 Å². The maximum atomic E-state index is 10.0. The summed E-state index contributed by atoms with van der Waals surface area (Å²) in [6.07, 6.45) is 7.11. The van der Waals surface area contributed by atoms with Gasteiger partial charge in [-0.05, 0) is 36.0 Å². The van der Waals surface area contributed by atoms with Crippen molar-refractivity contribution in [3.63, 3.8) is 0 Å². The molecule has 10 aromatic carbocycles. The average Bonchev–Trinajstić information content (AvgIpc) is 3.68. The quantitative estimate of drug-likeness (QED) is 0.102. The third-order valence-electron chi connectivity index (χ3n) is 12.5. The molecule has 2 unspecified atom stereocenters. The van der Waals surface area contributed by atoms with E-state index in [-0.39, 0.29) is 72.7 Å². The molecule has 12 aromatic rings. The summed E-state index contributed by atoms with van der Waals surface area (Å²) < 4.78 is 0. The summed E-state index contributed by atoms with van der Waals surface area (Å²) in [5, 5.41) is 20.0. The molecule has 0 spiro atoms. The molecule has 0 aliphatic carbocycles. The van der Waals surface area contributed by atoms with Crippen LogP contribution >= 0.6 is 0 Å². The molecule has 0 aliphatic rings. The zero-order valence-electron chi connectivity index (χ0n) is 50.7. The molecule has 0 bridgehead atoms. The van der Waals surface area contributed by atoms with E-state index >= 15 is 0 Å². The SMILES string of the molecule is CC(c1cccc(-c2[c-]cccc2)n1)c1ccccc1O.CC(c1cccc(-c2ccccc2)n1)c1ccccc1O.O=[C-]c1ccccc1.O=[C-]c1ccccc1.O=[C-]c1ccccc1.O=[C-]c1ccccc1.[B].[CH2-]c1ccccc1.[CH2-]c1ccccc1.[Zr+3].[Zr+4]. The molecule has 0 saturated heterocycles. The summed E-state index contributed by atoms with van der Waals surface area (Å²) in [5.74, 6) is 0.713. The fourth-order valence-corrected chi connectivity index (χ4v) is 7.86. The number of aromatic hydroxyl groups is 2. The van der Waals surface area contributed by atoms with Crippen molar-refractivity contribution >= 4 is 33.6 Å². The van der Waals surface area contributed by atoms with Crippen molar-refractivity contribution < 1.29 is 81.8 Å². The molecule has 2 aromatic heterocycles. The first-order valence-corrected chi connectivity index (χ1v) is 28.0. The fraction of sp³-hybridized carbons (Fsp3) is 0.0500. The molecule has 8 nitrogen and oxygen atoms in total. The molecule has 0 saturated carbocycles. The van der Waals surface area contributed by atoms with E-state index in [1.54, 1.807) is 134 Å². The molecule has 0 amide bonds. The van der Waals surface area contributed by atoms with E-state index in [1.165, 1.54) is 0 Å². The van der Waals surface area contributed by atoms with Crippen molar-refractivity contribution in [3.8, 4) is 34.0 Å². The van der Waals surface area contributed by atoms with E-state index < -0.39 is 0 Å². The first-order valence-electron chi connectivity index (χ1n) is 28.0. The van der Waals surface area contributed by atoms with Gasteiger partial charge in [0.1, 0.15) is 11.5 Å². The number of pyridine rings is 2. The molecule has 2 N–H and O–H groups in total. The molecule has 11 heteroatoms. The third-order valence-corrected chi connectivity index (χ3v) is 12.5. The van der Waals surface area contributed by atoms with Crippen molar-refractivity contribution in [2.75, 3.05) is 0 Å². The maximum Gasteiger partial charge on any atom is 4.00 e. The molecule has 91 heavy (non-hydrogen) atoms. The summed E-state index contributed by atoms with van der Waals surface area (Å²) >= 11 is 0. The summed E-state index contributed by atoms with van der Waals surface area (Å²) in [6.45, 7) is 11.6. The van der Waals surface area contributed by atoms with Crippen molar-refractivity contribution in [1.82, 2.24) is 9.97 Å². The second-order valence-electron chi connectivity index (χ2n) is 18.9. The standard InChI is InChI=1S/C19H17NO.C19H16NO.4C7H5O.2C7H7.B.2Zr/c2*1-14(16-10-5-6-13-19(16)21)17-11-7-12-18(20-17)15-8-3-2-4-9-15;4*8-6-7-4-2-1-3-5-7;2*1-7-5-3-2-4-6-7;;;/h2-14,21H,1H3;2-8,10-14,21H,1H3;4*1-5H;2*2-6H,1H2;;;/q;7*-1;;+3;+4. The summed E-state index contributed by atoms with van der Waals surface area (Å²) in [7, 11) is 0. The Morgan fingerprint density at radius 3 is 0.923 bits per heavy atom. The Morgan fingerprint density at radius 2 is 0.637 bits per heavy atom. The van der Waals surface area contributed by atoms with Gasteiger partial charge in [-0.2, -0.15) is 120 Å². The number of para-hydroxylation sites is 2. The number of benzene rings is 10. The molecule has 4 radical (unpaired) electrons. The fourth-order valence-electron chi connectivity index (χ4n) is 7.86. The van der Waals surface area contributed by atoms with Crippen LogP contribution in [0.3, 0.4) is 0 Å². The van der Waals surface area contributed by atoms with Crippen LogP contribution < -0.4 is 0 Å². The molecule has 2 atom stereocenters. The topological polar surface area (TPSA) is 135 Å². The van der Waals surface area contributed by atoms with Crippen LogP contribution in [-0.4, -0.2) is 53.7 Å². The Kier molecular flexibility index (Phi) is 39.5. The van der Waals surface area contributed by atoms with Gasteiger partial charge in [-0.3, -0.25) is 4.98 Å². The Hall–Kier alpha value is -9.65. The molecular weight excluding hydrogens is 1280 g/mol. The van der Waals surface area contributed by atoms with Gasteiger partial charge in [-0.25, -0.2) is 0 Å². The van der Waals surface area contributed by atoms with Crippen LogP contribution in [0.1, 0.15) is 81.6 Å². The van der Waals surface area contributed by atoms with Crippen molar-refractivity contribution in [2.45, 2.75) is 25.7 Å². The number of hydrogen-bond donors (Lipinski definition) is 2. The van der Waals surface area contributed by atoms with Crippen molar-refractivity contribution in [2.24, 2.45) is 0 Å². The van der Waals surface area contributed by atoms with Gasteiger partial charge in [-0.1, -0.05) is 135 Å². The van der Waals surface area contributed by atoms with E-state index in [1.807, 2.05) is 200 Å². The number of hydrogen-bond acceptors (Lipinski definition) is 8. The number of nitrogens with zero attached hydrogens (tertiary/aromatic N) is 2. The van der Waals surface area contributed by atoms with Gasteiger partial charge in [0.25, 0.3) is 0 Å². The molecule has 444 valence electrons. The summed E-state index contributed by atoms with van der Waals surface area (Å²) in [6, 6.07) is 103. The summed E-state index contributed by atoms with van der Waals surface area (Å²) in [5.41, 5.74) is 12.2. The van der Waals surface area contributed by atoms with Gasteiger partial charge in [0.2, 0.25) is 0 Å². The Labute approximate surface area is 577 Å². The van der Waals surface area contributed by atoms with E-state index in [9.17, 15) is 29.4 Å². The first kappa shape index (κ1) is 77.4. The van der Waals surface area contributed by atoms with Gasteiger partial charge in [-0.15, -0.1) is 109 Å². The number of rotatable bonds is 10. The van der Waals surface area contributed by atoms with Crippen LogP contribution in [0, 0.1) is 19.9 Å². The summed E-state index contributed by atoms with van der Waals surface area (Å²) in [4.78, 5) is 49.0. The Bertz CT molecular complexity index is 3500. The van der Waals surface area contributed by atoms with Crippen LogP contribution in [0.25, 0.3) is 22.5 Å². The van der Waals surface area contributed by atoms with Gasteiger partial charge >= 0.3 is 52.4 Å². The molecular formula is C80H67BN2O6Zr2. The smallest absolute Gasteiger partial charge is 0.508 e. The second kappa shape index (κ2) is 46.5. The van der Waals surface area contributed by atoms with Gasteiger partial charge in [0.05, 0.1) is 30.8 Å². The molecule has 0 aliphatic heterocycles. The predicted molar refractivity (Wildman–Crippen MR) is 362 cm³/mol. The molecule has 0 fully saturated rings. The van der Waals surface area contributed by atoms with Crippen LogP contribution in [-0.2, 0) is 71.6 Å². The van der Waals surface area contributed by atoms with E-state index in [0.29, 0.717) is 33.8 Å². The third kappa shape index (κ3) is 29.9. The van der Waals surface area contributed by atoms with Gasteiger partial charge in [0.15, 0.2) is 0 Å². The number of carbonyl (C=O) groups excluding carboxylic acids is 4. The second-order valence-corrected chi connectivity index (χ2v) is 18.9. The number of phenolic OH excluding ortho intramolecular Hbond substituents is 2. The minimum atomic E-state index is 0. The Morgan fingerprint density at radius 1 is 0.352 bits per heavy atom. The first-order chi connectivity index (χ1) is 43.0. The van der Waals surface area contributed by atoms with E-state index in [2.05, 4.69) is 45.9 Å². The molecule has 2 heterocycles.